The number of allylic oxidation sites excluding steroid dienone is 1. The van der Waals surface area contributed by atoms with Gasteiger partial charge in [0.25, 0.3) is 0 Å². The second kappa shape index (κ2) is 5.02. The van der Waals surface area contributed by atoms with E-state index in [4.69, 9.17) is 0 Å². The number of quaternary nitrogens is 1. The molecule has 1 atom stereocenters. The van der Waals surface area contributed by atoms with Gasteiger partial charge in [-0.1, -0.05) is 24.4 Å². The first-order chi connectivity index (χ1) is 9.92. The van der Waals surface area contributed by atoms with Gasteiger partial charge in [-0.05, 0) is 25.2 Å². The number of nitrogens with one attached hydrogen (secondary N) is 1. The van der Waals surface area contributed by atoms with E-state index in [2.05, 4.69) is 33.7 Å². The Morgan fingerprint density at radius 2 is 2.10 bits per heavy atom. The van der Waals surface area contributed by atoms with Crippen LogP contribution in [0, 0.1) is 11.8 Å². The summed E-state index contributed by atoms with van der Waals surface area (Å²) in [5.74, 6) is 2.51. The summed E-state index contributed by atoms with van der Waals surface area (Å²) < 4.78 is 0. The van der Waals surface area contributed by atoms with Gasteiger partial charge in [-0.2, -0.15) is 5.43 Å². The molecule has 1 aliphatic carbocycles. The van der Waals surface area contributed by atoms with Gasteiger partial charge >= 0.3 is 0 Å². The third-order valence-corrected chi connectivity index (χ3v) is 4.92. The summed E-state index contributed by atoms with van der Waals surface area (Å²) >= 11 is 0. The average Bonchev–Trinajstić information content (AvgIpc) is 3.16. The highest BCUT2D eigenvalue weighted by atomic mass is 15.3. The Balaban J connectivity index is 1.60. The van der Waals surface area contributed by atoms with Crippen LogP contribution in [0.3, 0.4) is 0 Å². The fraction of sp³-hybridized carbons (Fsp3) is 0.500. The number of nitrogens with zero attached hydrogens (tertiary/aromatic N) is 2. The standard InChI is InChI=1S/C16H20N4/c1-2-4-11(5-3-1)12-6-14-15(13-8-19-20-9-13)10-18-16(14)17-7-12/h7-12,18H,1-6H2,(H,19,20)/p+1. The molecule has 3 aliphatic rings. The number of hydrogen-bond acceptors (Lipinski definition) is 2. The lowest BCUT2D eigenvalue weighted by Crippen LogP contribution is -2.69. The minimum absolute atomic E-state index is 0.625. The molecule has 1 aromatic rings. The predicted octanol–water partition coefficient (Wildman–Crippen LogP) is 2.37. The molecule has 0 amide bonds. The summed E-state index contributed by atoms with van der Waals surface area (Å²) in [6, 6.07) is 0. The fourth-order valence-corrected chi connectivity index (χ4v) is 3.78. The smallest absolute Gasteiger partial charge is 0.133 e. The van der Waals surface area contributed by atoms with E-state index < -0.39 is 0 Å². The van der Waals surface area contributed by atoms with E-state index in [1.807, 2.05) is 11.6 Å². The summed E-state index contributed by atoms with van der Waals surface area (Å²) in [4.78, 5) is 7.99. The average molecular weight is 269 g/mol. The Labute approximate surface area is 119 Å². The van der Waals surface area contributed by atoms with Crippen LogP contribution >= 0.6 is 0 Å². The molecule has 0 bridgehead atoms. The molecule has 0 saturated heterocycles. The van der Waals surface area contributed by atoms with Crippen LogP contribution < -0.4 is 5.43 Å². The molecule has 3 N–H and O–H groups in total. The molecule has 1 fully saturated rings. The predicted molar refractivity (Wildman–Crippen MR) is 81.1 cm³/mol. The Kier molecular flexibility index (Phi) is 3.03. The molecule has 4 nitrogen and oxygen atoms in total. The molecule has 1 aromatic heterocycles. The summed E-state index contributed by atoms with van der Waals surface area (Å²) in [7, 11) is 0. The maximum atomic E-state index is 4.68. The molecule has 0 aromatic carbocycles. The van der Waals surface area contributed by atoms with Crippen molar-refractivity contribution >= 4 is 23.8 Å². The normalized spacial score (nSPS) is 25.8. The first-order valence-electron chi connectivity index (χ1n) is 7.73. The number of rotatable bonds is 2. The summed E-state index contributed by atoms with van der Waals surface area (Å²) in [5, 5.41) is 4.18. The largest absolute Gasteiger partial charge is 0.346 e. The van der Waals surface area contributed by atoms with E-state index in [9.17, 15) is 0 Å². The van der Waals surface area contributed by atoms with Gasteiger partial charge in [0.1, 0.15) is 12.0 Å². The van der Waals surface area contributed by atoms with E-state index >= 15 is 0 Å². The van der Waals surface area contributed by atoms with Crippen molar-refractivity contribution in [2.75, 3.05) is 0 Å². The van der Waals surface area contributed by atoms with Crippen LogP contribution in [0.2, 0.25) is 0 Å². The molecule has 1 unspecified atom stereocenters. The van der Waals surface area contributed by atoms with Crippen molar-refractivity contribution in [2.45, 2.75) is 38.5 Å². The van der Waals surface area contributed by atoms with Crippen LogP contribution in [0.25, 0.3) is 5.57 Å². The van der Waals surface area contributed by atoms with Gasteiger partial charge in [-0.25, -0.2) is 4.99 Å². The number of aromatic amines is 1. The van der Waals surface area contributed by atoms with Crippen molar-refractivity contribution in [1.82, 2.24) is 4.98 Å². The molecular formula is C16H21N4+. The molecule has 4 heteroatoms. The Morgan fingerprint density at radius 1 is 1.20 bits per heavy atom. The van der Waals surface area contributed by atoms with Crippen LogP contribution in [-0.2, 0) is 6.42 Å². The minimum Gasteiger partial charge on any atom is -0.346 e. The van der Waals surface area contributed by atoms with Crippen molar-refractivity contribution < 1.29 is 5.43 Å². The summed E-state index contributed by atoms with van der Waals surface area (Å²) in [6.07, 6.45) is 16.4. The van der Waals surface area contributed by atoms with Crippen LogP contribution in [-0.4, -0.2) is 17.4 Å². The number of hydrogen-bond donors (Lipinski definition) is 2. The lowest BCUT2D eigenvalue weighted by atomic mass is 9.77. The van der Waals surface area contributed by atoms with Crippen molar-refractivity contribution in [3.63, 3.8) is 0 Å². The summed E-state index contributed by atoms with van der Waals surface area (Å²) in [6.45, 7) is 0. The highest BCUT2D eigenvalue weighted by molar-refractivity contribution is 6.10. The highest BCUT2D eigenvalue weighted by Crippen LogP contribution is 2.38. The highest BCUT2D eigenvalue weighted by Gasteiger charge is 2.28. The van der Waals surface area contributed by atoms with Gasteiger partial charge in [-0.15, -0.1) is 0 Å². The Hall–Kier alpha value is -1.68. The maximum absolute atomic E-state index is 4.68. The maximum Gasteiger partial charge on any atom is 0.133 e. The van der Waals surface area contributed by atoms with Gasteiger partial charge < -0.3 is 4.98 Å². The molecule has 20 heavy (non-hydrogen) atoms. The quantitative estimate of drug-likeness (QED) is 0.775. The first kappa shape index (κ1) is 12.1. The molecule has 4 rings (SSSR count). The topological polar surface area (TPSA) is 57.1 Å². The summed E-state index contributed by atoms with van der Waals surface area (Å²) in [5.41, 5.74) is 5.74. The zero-order valence-corrected chi connectivity index (χ0v) is 11.7. The van der Waals surface area contributed by atoms with E-state index in [1.54, 1.807) is 0 Å². The minimum atomic E-state index is 0.625. The van der Waals surface area contributed by atoms with Crippen LogP contribution in [0.1, 0.15) is 43.2 Å². The van der Waals surface area contributed by atoms with Crippen molar-refractivity contribution in [2.24, 2.45) is 21.9 Å². The molecule has 2 aliphatic heterocycles. The van der Waals surface area contributed by atoms with Crippen molar-refractivity contribution in [3.8, 4) is 0 Å². The van der Waals surface area contributed by atoms with E-state index in [-0.39, 0.29) is 0 Å². The van der Waals surface area contributed by atoms with Gasteiger partial charge in [0.05, 0.1) is 11.8 Å². The Bertz CT molecular complexity index is 588. The lowest BCUT2D eigenvalue weighted by Gasteiger charge is -2.29. The number of fused-ring (bicyclic) bond motifs is 1. The number of nitrogens with two attached hydrogens (primary N) is 1. The van der Waals surface area contributed by atoms with E-state index in [0.29, 0.717) is 5.92 Å². The van der Waals surface area contributed by atoms with Crippen LogP contribution in [0.15, 0.2) is 22.5 Å². The zero-order chi connectivity index (χ0) is 13.4. The van der Waals surface area contributed by atoms with Crippen LogP contribution in [0.4, 0.5) is 5.82 Å². The monoisotopic (exact) mass is 269 g/mol. The van der Waals surface area contributed by atoms with Gasteiger partial charge in [0, 0.05) is 29.5 Å². The van der Waals surface area contributed by atoms with Crippen molar-refractivity contribution in [1.29, 1.82) is 0 Å². The third kappa shape index (κ3) is 2.04. The number of aliphatic imine (C=N–C) groups is 1. The second-order valence-electron chi connectivity index (χ2n) is 6.12. The van der Waals surface area contributed by atoms with Gasteiger partial charge in [0.15, 0.2) is 0 Å². The van der Waals surface area contributed by atoms with E-state index in [1.165, 1.54) is 48.8 Å². The molecule has 0 radical (unpaired) electrons. The van der Waals surface area contributed by atoms with Gasteiger partial charge in [0.2, 0.25) is 0 Å². The molecule has 0 spiro atoms. The molecule has 1 saturated carbocycles. The van der Waals surface area contributed by atoms with Gasteiger partial charge in [-0.3, -0.25) is 0 Å². The third-order valence-electron chi connectivity index (χ3n) is 4.92. The number of H-pyrrole nitrogens is 1. The van der Waals surface area contributed by atoms with E-state index in [0.717, 1.165) is 18.2 Å². The Morgan fingerprint density at radius 3 is 2.90 bits per heavy atom. The second-order valence-corrected chi connectivity index (χ2v) is 6.12. The zero-order valence-electron chi connectivity index (χ0n) is 11.7. The number of aromatic nitrogens is 1. The van der Waals surface area contributed by atoms with Crippen LogP contribution in [0.5, 0.6) is 0 Å². The SMILES string of the molecule is C1=N[NH2+]C=C1c1c[nH]c2c1CC(C1CCCCC1)C=N2. The van der Waals surface area contributed by atoms with Crippen molar-refractivity contribution in [3.05, 3.63) is 23.5 Å². The molecular weight excluding hydrogens is 248 g/mol. The fourth-order valence-electron chi connectivity index (χ4n) is 3.78. The molecule has 104 valence electrons. The lowest BCUT2D eigenvalue weighted by molar-refractivity contribution is -0.589. The molecule has 3 heterocycles. The first-order valence-corrected chi connectivity index (χ1v) is 7.73.